The first kappa shape index (κ1) is 19.0. The Hall–Kier alpha value is -2.34. The molecule has 5 nitrogen and oxygen atoms in total. The van der Waals surface area contributed by atoms with E-state index in [1.807, 2.05) is 18.2 Å². The maximum absolute atomic E-state index is 12.6. The zero-order valence-corrected chi connectivity index (χ0v) is 16.5. The first-order chi connectivity index (χ1) is 13.6. The van der Waals surface area contributed by atoms with E-state index >= 15 is 0 Å². The van der Waals surface area contributed by atoms with E-state index in [1.54, 1.807) is 30.5 Å². The summed E-state index contributed by atoms with van der Waals surface area (Å²) in [5.74, 6) is 0.289. The van der Waals surface area contributed by atoms with Crippen molar-refractivity contribution >= 4 is 28.9 Å². The van der Waals surface area contributed by atoms with Crippen LogP contribution >= 0.6 is 23.2 Å². The molecule has 1 fully saturated rings. The van der Waals surface area contributed by atoms with Gasteiger partial charge in [0.2, 0.25) is 0 Å². The van der Waals surface area contributed by atoms with E-state index in [9.17, 15) is 4.79 Å². The van der Waals surface area contributed by atoms with Gasteiger partial charge in [0.05, 0.1) is 23.7 Å². The summed E-state index contributed by atoms with van der Waals surface area (Å²) in [5, 5.41) is 8.22. The molecular formula is C21H19Cl2N3O2. The van der Waals surface area contributed by atoms with E-state index in [0.717, 1.165) is 18.6 Å². The van der Waals surface area contributed by atoms with Crippen LogP contribution in [0.25, 0.3) is 5.69 Å². The van der Waals surface area contributed by atoms with E-state index in [1.165, 1.54) is 4.68 Å². The molecule has 1 N–H and O–H groups in total. The fourth-order valence-electron chi connectivity index (χ4n) is 3.42. The van der Waals surface area contributed by atoms with Crippen LogP contribution in [0.3, 0.4) is 0 Å². The van der Waals surface area contributed by atoms with E-state index in [2.05, 4.69) is 22.5 Å². The Kier molecular flexibility index (Phi) is 5.67. The van der Waals surface area contributed by atoms with Crippen LogP contribution in [0.1, 0.15) is 18.1 Å². The van der Waals surface area contributed by atoms with E-state index in [-0.39, 0.29) is 22.6 Å². The van der Waals surface area contributed by atoms with Crippen molar-refractivity contribution in [1.29, 1.82) is 0 Å². The average molecular weight is 416 g/mol. The largest absolute Gasteiger partial charge is 0.382 e. The van der Waals surface area contributed by atoms with Crippen LogP contribution in [0, 0.1) is 5.92 Å². The Morgan fingerprint density at radius 1 is 1.11 bits per heavy atom. The molecule has 2 atom stereocenters. The number of hydrogen-bond donors (Lipinski definition) is 1. The molecule has 1 saturated heterocycles. The lowest BCUT2D eigenvalue weighted by Gasteiger charge is -2.20. The van der Waals surface area contributed by atoms with Crippen LogP contribution in [0.4, 0.5) is 5.69 Å². The number of nitrogens with one attached hydrogen (secondary N) is 1. The summed E-state index contributed by atoms with van der Waals surface area (Å²) >= 11 is 12.2. The minimum atomic E-state index is -0.378. The molecule has 1 aliphatic rings. The Balaban J connectivity index is 1.50. The highest BCUT2D eigenvalue weighted by Gasteiger charge is 2.29. The van der Waals surface area contributed by atoms with Crippen molar-refractivity contribution in [3.8, 4) is 5.69 Å². The first-order valence-corrected chi connectivity index (χ1v) is 9.83. The van der Waals surface area contributed by atoms with Crippen LogP contribution in [0.5, 0.6) is 0 Å². The molecule has 0 radical (unpaired) electrons. The third kappa shape index (κ3) is 3.92. The van der Waals surface area contributed by atoms with Gasteiger partial charge >= 0.3 is 0 Å². The summed E-state index contributed by atoms with van der Waals surface area (Å²) in [4.78, 5) is 12.6. The van der Waals surface area contributed by atoms with Crippen molar-refractivity contribution in [2.45, 2.75) is 12.5 Å². The second kappa shape index (κ2) is 8.35. The quantitative estimate of drug-likeness (QED) is 0.654. The summed E-state index contributed by atoms with van der Waals surface area (Å²) in [6.45, 7) is 1.36. The van der Waals surface area contributed by atoms with Gasteiger partial charge in [-0.25, -0.2) is 0 Å². The van der Waals surface area contributed by atoms with Gasteiger partial charge in [-0.3, -0.25) is 4.79 Å². The van der Waals surface area contributed by atoms with Gasteiger partial charge in [0, 0.05) is 24.1 Å². The second-order valence-corrected chi connectivity index (χ2v) is 7.51. The zero-order chi connectivity index (χ0) is 19.5. The molecule has 1 aliphatic heterocycles. The van der Waals surface area contributed by atoms with Gasteiger partial charge in [-0.1, -0.05) is 53.5 Å². The molecule has 1 aromatic heterocycles. The fourth-order valence-corrected chi connectivity index (χ4v) is 3.74. The second-order valence-electron chi connectivity index (χ2n) is 6.70. The van der Waals surface area contributed by atoms with Crippen LogP contribution in [-0.4, -0.2) is 22.9 Å². The lowest BCUT2D eigenvalue weighted by atomic mass is 9.95. The number of rotatable bonds is 5. The van der Waals surface area contributed by atoms with Crippen molar-refractivity contribution in [3.05, 3.63) is 86.8 Å². The maximum atomic E-state index is 12.6. The Morgan fingerprint density at radius 2 is 1.86 bits per heavy atom. The van der Waals surface area contributed by atoms with Gasteiger partial charge in [-0.05, 0) is 36.2 Å². The van der Waals surface area contributed by atoms with E-state index in [0.29, 0.717) is 22.9 Å². The fraction of sp³-hybridized carbons (Fsp3) is 0.238. The number of hydrogen-bond acceptors (Lipinski definition) is 4. The topological polar surface area (TPSA) is 56.1 Å². The van der Waals surface area contributed by atoms with Crippen molar-refractivity contribution in [2.24, 2.45) is 5.92 Å². The van der Waals surface area contributed by atoms with Gasteiger partial charge in [0.1, 0.15) is 5.02 Å². The zero-order valence-electron chi connectivity index (χ0n) is 15.0. The Labute approximate surface area is 172 Å². The van der Waals surface area contributed by atoms with Gasteiger partial charge < -0.3 is 10.1 Å². The molecule has 4 rings (SSSR count). The first-order valence-electron chi connectivity index (χ1n) is 9.07. The van der Waals surface area contributed by atoms with Gasteiger partial charge in [0.15, 0.2) is 0 Å². The molecule has 0 amide bonds. The Bertz CT molecular complexity index is 1010. The van der Waals surface area contributed by atoms with Crippen molar-refractivity contribution in [1.82, 2.24) is 9.78 Å². The molecule has 144 valence electrons. The highest BCUT2D eigenvalue weighted by molar-refractivity contribution is 6.33. The number of nitrogens with zero attached hydrogens (tertiary/aromatic N) is 2. The van der Waals surface area contributed by atoms with Gasteiger partial charge in [-0.15, -0.1) is 0 Å². The monoisotopic (exact) mass is 415 g/mol. The van der Waals surface area contributed by atoms with Crippen LogP contribution in [0.15, 0.2) is 65.6 Å². The molecule has 0 spiro atoms. The molecule has 0 aliphatic carbocycles. The van der Waals surface area contributed by atoms with Crippen LogP contribution < -0.4 is 10.9 Å². The lowest BCUT2D eigenvalue weighted by molar-refractivity contribution is 0.0933. The number of benzene rings is 2. The molecular weight excluding hydrogens is 397 g/mol. The standard InChI is InChI=1S/C21H19Cl2N3O2/c22-16-6-8-17(9-7-16)26-21(27)19(23)18(13-25-26)24-12-15-10-11-28-20(15)14-4-2-1-3-5-14/h1-9,13,15,20,24H,10-12H2. The third-order valence-corrected chi connectivity index (χ3v) is 5.50. The number of anilines is 1. The van der Waals surface area contributed by atoms with Crippen LogP contribution in [-0.2, 0) is 4.74 Å². The molecule has 2 heterocycles. The third-order valence-electron chi connectivity index (χ3n) is 4.89. The molecule has 2 unspecified atom stereocenters. The smallest absolute Gasteiger partial charge is 0.292 e. The maximum Gasteiger partial charge on any atom is 0.292 e. The number of halogens is 2. The number of ether oxygens (including phenoxy) is 1. The average Bonchev–Trinajstić information content (AvgIpc) is 3.19. The summed E-state index contributed by atoms with van der Waals surface area (Å²) in [5.41, 5.74) is 1.91. The molecule has 3 aromatic rings. The lowest BCUT2D eigenvalue weighted by Crippen LogP contribution is -2.24. The van der Waals surface area contributed by atoms with Crippen molar-refractivity contribution in [3.63, 3.8) is 0 Å². The van der Waals surface area contributed by atoms with Crippen LogP contribution in [0.2, 0.25) is 10.0 Å². The van der Waals surface area contributed by atoms with E-state index < -0.39 is 0 Å². The summed E-state index contributed by atoms with van der Waals surface area (Å²) in [6.07, 6.45) is 2.56. The minimum absolute atomic E-state index is 0.0369. The molecule has 2 aromatic carbocycles. The van der Waals surface area contributed by atoms with E-state index in [4.69, 9.17) is 27.9 Å². The number of aromatic nitrogens is 2. The summed E-state index contributed by atoms with van der Waals surface area (Å²) < 4.78 is 7.17. The normalized spacial score (nSPS) is 18.9. The molecule has 28 heavy (non-hydrogen) atoms. The van der Waals surface area contributed by atoms with Crippen molar-refractivity contribution in [2.75, 3.05) is 18.5 Å². The highest BCUT2D eigenvalue weighted by atomic mass is 35.5. The predicted octanol–water partition coefficient (Wildman–Crippen LogP) is 4.73. The highest BCUT2D eigenvalue weighted by Crippen LogP contribution is 2.34. The van der Waals surface area contributed by atoms with Crippen molar-refractivity contribution < 1.29 is 4.74 Å². The summed E-state index contributed by atoms with van der Waals surface area (Å²) in [6, 6.07) is 17.0. The SMILES string of the molecule is O=c1c(Cl)c(NCC2CCOC2c2ccccc2)cnn1-c1ccc(Cl)cc1. The summed E-state index contributed by atoms with van der Waals surface area (Å²) in [7, 11) is 0. The van der Waals surface area contributed by atoms with Gasteiger partial charge in [0.25, 0.3) is 5.56 Å². The minimum Gasteiger partial charge on any atom is -0.382 e. The predicted molar refractivity (Wildman–Crippen MR) is 112 cm³/mol. The Morgan fingerprint density at radius 3 is 2.61 bits per heavy atom. The molecule has 7 heteroatoms. The molecule has 0 bridgehead atoms. The van der Waals surface area contributed by atoms with Gasteiger partial charge in [-0.2, -0.15) is 9.78 Å². The molecule has 0 saturated carbocycles.